The second-order valence-corrected chi connectivity index (χ2v) is 6.83. The van der Waals surface area contributed by atoms with E-state index in [1.165, 1.54) is 18.4 Å². The van der Waals surface area contributed by atoms with E-state index in [0.29, 0.717) is 12.0 Å². The summed E-state index contributed by atoms with van der Waals surface area (Å²) in [5.74, 6) is 2.78. The van der Waals surface area contributed by atoms with Gasteiger partial charge in [-0.25, -0.2) is 0 Å². The summed E-state index contributed by atoms with van der Waals surface area (Å²) in [5, 5.41) is 3.31. The third-order valence-electron chi connectivity index (χ3n) is 4.29. The van der Waals surface area contributed by atoms with Crippen molar-refractivity contribution in [2.75, 3.05) is 11.6 Å². The molecule has 1 aliphatic heterocycles. The Morgan fingerprint density at radius 2 is 2.15 bits per heavy atom. The number of nitrogens with zero attached hydrogens (tertiary/aromatic N) is 1. The second kappa shape index (κ2) is 6.19. The molecule has 1 amide bonds. The molecule has 0 bridgehead atoms. The molecule has 2 aliphatic rings. The number of benzene rings is 1. The lowest BCUT2D eigenvalue weighted by molar-refractivity contribution is -0.135. The van der Waals surface area contributed by atoms with Crippen LogP contribution in [0.1, 0.15) is 25.3 Å². The van der Waals surface area contributed by atoms with E-state index >= 15 is 0 Å². The molecule has 0 aromatic heterocycles. The Hall–Kier alpha value is -1.00. The monoisotopic (exact) mass is 290 g/mol. The summed E-state index contributed by atoms with van der Waals surface area (Å²) in [6.45, 7) is 2.95. The standard InChI is InChI=1S/C16H22N2OS/c1-12(14-7-8-14)18(9-13-5-3-2-4-6-13)16(19)15-10-20-11-17-15/h2-6,12,14-15,17H,7-11H2,1H3. The molecule has 1 aromatic rings. The molecule has 2 fully saturated rings. The summed E-state index contributed by atoms with van der Waals surface area (Å²) < 4.78 is 0. The van der Waals surface area contributed by atoms with Crippen LogP contribution in [0.2, 0.25) is 0 Å². The highest BCUT2D eigenvalue weighted by Crippen LogP contribution is 2.36. The fourth-order valence-electron chi connectivity index (χ4n) is 2.79. The van der Waals surface area contributed by atoms with Gasteiger partial charge in [0.25, 0.3) is 0 Å². The van der Waals surface area contributed by atoms with Gasteiger partial charge in [0, 0.05) is 24.2 Å². The van der Waals surface area contributed by atoms with Crippen LogP contribution in [0.4, 0.5) is 0 Å². The van der Waals surface area contributed by atoms with Crippen LogP contribution in [0.3, 0.4) is 0 Å². The van der Waals surface area contributed by atoms with E-state index in [-0.39, 0.29) is 11.9 Å². The van der Waals surface area contributed by atoms with Crippen LogP contribution in [0.25, 0.3) is 0 Å². The second-order valence-electron chi connectivity index (χ2n) is 5.80. The van der Waals surface area contributed by atoms with Crippen molar-refractivity contribution in [3.8, 4) is 0 Å². The Bertz CT molecular complexity index is 455. The smallest absolute Gasteiger partial charge is 0.241 e. The molecular formula is C16H22N2OS. The fraction of sp³-hybridized carbons (Fsp3) is 0.562. The fourth-order valence-corrected chi connectivity index (χ4v) is 3.72. The summed E-state index contributed by atoms with van der Waals surface area (Å²) >= 11 is 1.81. The molecule has 1 aromatic carbocycles. The zero-order chi connectivity index (χ0) is 13.9. The molecular weight excluding hydrogens is 268 g/mol. The lowest BCUT2D eigenvalue weighted by Gasteiger charge is -2.31. The topological polar surface area (TPSA) is 32.3 Å². The third-order valence-corrected chi connectivity index (χ3v) is 5.23. The Balaban J connectivity index is 1.74. The highest BCUT2D eigenvalue weighted by molar-refractivity contribution is 7.99. The molecule has 1 saturated carbocycles. The van der Waals surface area contributed by atoms with Gasteiger partial charge in [0.15, 0.2) is 0 Å². The molecule has 0 radical (unpaired) electrons. The third kappa shape index (κ3) is 3.18. The summed E-state index contributed by atoms with van der Waals surface area (Å²) in [6.07, 6.45) is 2.54. The van der Waals surface area contributed by atoms with E-state index < -0.39 is 0 Å². The van der Waals surface area contributed by atoms with Crippen molar-refractivity contribution in [2.24, 2.45) is 5.92 Å². The van der Waals surface area contributed by atoms with Crippen LogP contribution in [0.15, 0.2) is 30.3 Å². The Morgan fingerprint density at radius 3 is 2.75 bits per heavy atom. The first-order valence-electron chi connectivity index (χ1n) is 7.41. The highest BCUT2D eigenvalue weighted by atomic mass is 32.2. The van der Waals surface area contributed by atoms with Crippen LogP contribution >= 0.6 is 11.8 Å². The van der Waals surface area contributed by atoms with Crippen molar-refractivity contribution in [2.45, 2.75) is 38.4 Å². The van der Waals surface area contributed by atoms with Gasteiger partial charge in [0.2, 0.25) is 5.91 Å². The summed E-state index contributed by atoms with van der Waals surface area (Å²) in [4.78, 5) is 14.9. The van der Waals surface area contributed by atoms with Gasteiger partial charge in [-0.1, -0.05) is 30.3 Å². The first kappa shape index (κ1) is 14.0. The molecule has 1 saturated heterocycles. The molecule has 4 heteroatoms. The van der Waals surface area contributed by atoms with Crippen molar-refractivity contribution >= 4 is 17.7 Å². The molecule has 3 nitrogen and oxygen atoms in total. The summed E-state index contributed by atoms with van der Waals surface area (Å²) in [6, 6.07) is 10.7. The predicted octanol–water partition coefficient (Wildman–Crippen LogP) is 2.48. The van der Waals surface area contributed by atoms with Crippen molar-refractivity contribution < 1.29 is 4.79 Å². The number of carbonyl (C=O) groups is 1. The lowest BCUT2D eigenvalue weighted by atomic mass is 10.1. The first-order valence-corrected chi connectivity index (χ1v) is 8.56. The molecule has 0 spiro atoms. The number of amides is 1. The first-order chi connectivity index (χ1) is 9.75. The van der Waals surface area contributed by atoms with Crippen molar-refractivity contribution in [1.29, 1.82) is 0 Å². The molecule has 20 heavy (non-hydrogen) atoms. The maximum atomic E-state index is 12.8. The van der Waals surface area contributed by atoms with Crippen LogP contribution < -0.4 is 5.32 Å². The minimum atomic E-state index is 0.00455. The van der Waals surface area contributed by atoms with E-state index in [1.807, 2.05) is 30.0 Å². The molecule has 1 heterocycles. The molecule has 2 unspecified atom stereocenters. The number of nitrogens with one attached hydrogen (secondary N) is 1. The van der Waals surface area contributed by atoms with E-state index in [2.05, 4.69) is 29.3 Å². The largest absolute Gasteiger partial charge is 0.334 e. The van der Waals surface area contributed by atoms with Gasteiger partial charge in [0.05, 0.1) is 6.04 Å². The van der Waals surface area contributed by atoms with Crippen LogP contribution in [0.5, 0.6) is 0 Å². The van der Waals surface area contributed by atoms with E-state index in [4.69, 9.17) is 0 Å². The molecule has 108 valence electrons. The quantitative estimate of drug-likeness (QED) is 0.904. The van der Waals surface area contributed by atoms with Crippen molar-refractivity contribution in [1.82, 2.24) is 10.2 Å². The van der Waals surface area contributed by atoms with Crippen LogP contribution in [-0.4, -0.2) is 34.5 Å². The zero-order valence-electron chi connectivity index (χ0n) is 11.9. The van der Waals surface area contributed by atoms with E-state index in [1.54, 1.807) is 0 Å². The zero-order valence-corrected chi connectivity index (χ0v) is 12.7. The number of thioether (sulfide) groups is 1. The number of hydrogen-bond donors (Lipinski definition) is 1. The van der Waals surface area contributed by atoms with Gasteiger partial charge in [0.1, 0.15) is 0 Å². The van der Waals surface area contributed by atoms with Gasteiger partial charge in [-0.05, 0) is 31.2 Å². The normalized spacial score (nSPS) is 23.6. The predicted molar refractivity (Wildman–Crippen MR) is 83.4 cm³/mol. The van der Waals surface area contributed by atoms with Crippen LogP contribution in [-0.2, 0) is 11.3 Å². The van der Waals surface area contributed by atoms with Crippen molar-refractivity contribution in [3.05, 3.63) is 35.9 Å². The SMILES string of the molecule is CC(C1CC1)N(Cc1ccccc1)C(=O)C1CSCN1. The Kier molecular flexibility index (Phi) is 4.32. The minimum absolute atomic E-state index is 0.00455. The summed E-state index contributed by atoms with van der Waals surface area (Å²) in [5.41, 5.74) is 1.22. The van der Waals surface area contributed by atoms with Gasteiger partial charge >= 0.3 is 0 Å². The molecule has 1 N–H and O–H groups in total. The number of hydrogen-bond acceptors (Lipinski definition) is 3. The Morgan fingerprint density at radius 1 is 1.40 bits per heavy atom. The molecule has 2 atom stereocenters. The molecule has 1 aliphatic carbocycles. The minimum Gasteiger partial charge on any atom is -0.334 e. The van der Waals surface area contributed by atoms with Crippen LogP contribution in [0, 0.1) is 5.92 Å². The Labute approximate surface area is 125 Å². The van der Waals surface area contributed by atoms with Gasteiger partial charge in [-0.3, -0.25) is 10.1 Å². The average Bonchev–Trinajstić information content (AvgIpc) is 3.19. The average molecular weight is 290 g/mol. The van der Waals surface area contributed by atoms with E-state index in [9.17, 15) is 4.79 Å². The van der Waals surface area contributed by atoms with E-state index in [0.717, 1.165) is 18.2 Å². The number of rotatable bonds is 5. The summed E-state index contributed by atoms with van der Waals surface area (Å²) in [7, 11) is 0. The lowest BCUT2D eigenvalue weighted by Crippen LogP contribution is -2.48. The van der Waals surface area contributed by atoms with Crippen molar-refractivity contribution in [3.63, 3.8) is 0 Å². The highest BCUT2D eigenvalue weighted by Gasteiger charge is 2.37. The van der Waals surface area contributed by atoms with Gasteiger partial charge in [-0.2, -0.15) is 0 Å². The number of carbonyl (C=O) groups excluding carboxylic acids is 1. The van der Waals surface area contributed by atoms with Gasteiger partial charge < -0.3 is 4.90 Å². The van der Waals surface area contributed by atoms with Gasteiger partial charge in [-0.15, -0.1) is 11.8 Å². The maximum absolute atomic E-state index is 12.8. The maximum Gasteiger partial charge on any atom is 0.241 e. The molecule has 3 rings (SSSR count).